The van der Waals surface area contributed by atoms with E-state index >= 15 is 0 Å². The zero-order chi connectivity index (χ0) is 22.9. The third kappa shape index (κ3) is 4.37. The minimum absolute atomic E-state index is 0.146. The average molecular weight is 443 g/mol. The summed E-state index contributed by atoms with van der Waals surface area (Å²) in [5.41, 5.74) is 5.82. The number of fused-ring (bicyclic) bond motifs is 1. The third-order valence-electron chi connectivity index (χ3n) is 5.90. The number of carbonyl (C=O) groups is 1. The Hall–Kier alpha value is -3.94. The summed E-state index contributed by atoms with van der Waals surface area (Å²) in [5, 5.41) is 6.94. The van der Waals surface area contributed by atoms with Crippen LogP contribution < -0.4 is 15.0 Å². The summed E-state index contributed by atoms with van der Waals surface area (Å²) < 4.78 is 7.25. The van der Waals surface area contributed by atoms with E-state index in [0.29, 0.717) is 17.2 Å². The molecule has 0 atom stereocenters. The number of methoxy groups -OCH3 is 1. The molecule has 8 nitrogen and oxygen atoms in total. The second-order valence-corrected chi connectivity index (χ2v) is 8.38. The normalized spacial score (nSPS) is 13.2. The van der Waals surface area contributed by atoms with Gasteiger partial charge >= 0.3 is 0 Å². The Morgan fingerprint density at radius 2 is 2.00 bits per heavy atom. The van der Waals surface area contributed by atoms with Gasteiger partial charge in [-0.3, -0.25) is 14.5 Å². The predicted molar refractivity (Wildman–Crippen MR) is 128 cm³/mol. The smallest absolute Gasteiger partial charge is 0.251 e. The van der Waals surface area contributed by atoms with Crippen LogP contribution in [0.1, 0.15) is 23.2 Å². The molecule has 0 spiro atoms. The van der Waals surface area contributed by atoms with Crippen molar-refractivity contribution in [2.75, 3.05) is 25.6 Å². The summed E-state index contributed by atoms with van der Waals surface area (Å²) in [4.78, 5) is 24.1. The molecular weight excluding hydrogens is 416 g/mol. The number of aryl methyl sites for hydroxylation is 1. The maximum atomic E-state index is 12.4. The Bertz CT molecular complexity index is 1330. The first kappa shape index (κ1) is 20.9. The van der Waals surface area contributed by atoms with E-state index in [0.717, 1.165) is 40.2 Å². The van der Waals surface area contributed by atoms with Crippen LogP contribution >= 0.6 is 0 Å². The van der Waals surface area contributed by atoms with Crippen LogP contribution in [0.3, 0.4) is 0 Å². The molecule has 5 rings (SSSR count). The number of benzene rings is 2. The van der Waals surface area contributed by atoms with Gasteiger partial charge in [-0.15, -0.1) is 0 Å². The van der Waals surface area contributed by atoms with Gasteiger partial charge in [-0.05, 0) is 49.1 Å². The van der Waals surface area contributed by atoms with Crippen molar-refractivity contribution in [3.63, 3.8) is 0 Å². The van der Waals surface area contributed by atoms with Gasteiger partial charge in [0, 0.05) is 55.4 Å². The Morgan fingerprint density at radius 3 is 2.70 bits per heavy atom. The number of nitrogens with one attached hydrogen (secondary N) is 1. The van der Waals surface area contributed by atoms with Crippen molar-refractivity contribution >= 4 is 28.3 Å². The lowest BCUT2D eigenvalue weighted by Gasteiger charge is -2.26. The van der Waals surface area contributed by atoms with Gasteiger partial charge < -0.3 is 15.0 Å². The van der Waals surface area contributed by atoms with E-state index in [-0.39, 0.29) is 5.91 Å². The summed E-state index contributed by atoms with van der Waals surface area (Å²) in [6.45, 7) is 0.863. The average Bonchev–Trinajstić information content (AvgIpc) is 3.58. The van der Waals surface area contributed by atoms with E-state index in [1.807, 2.05) is 31.4 Å². The Kier molecular flexibility index (Phi) is 5.42. The number of rotatable bonds is 7. The molecule has 1 saturated carbocycles. The van der Waals surface area contributed by atoms with E-state index in [2.05, 4.69) is 32.4 Å². The van der Waals surface area contributed by atoms with Crippen LogP contribution in [0.2, 0.25) is 0 Å². The number of carbonyl (C=O) groups excluding carboxylic acids is 1. The van der Waals surface area contributed by atoms with Crippen molar-refractivity contribution in [1.82, 2.24) is 25.1 Å². The fourth-order valence-corrected chi connectivity index (χ4v) is 3.91. The number of hydrogen-bond donors (Lipinski definition) is 1. The molecule has 2 aromatic heterocycles. The molecule has 0 radical (unpaired) electrons. The van der Waals surface area contributed by atoms with Gasteiger partial charge in [0.25, 0.3) is 5.91 Å². The van der Waals surface area contributed by atoms with Crippen LogP contribution in [0.4, 0.5) is 11.4 Å². The van der Waals surface area contributed by atoms with Crippen molar-refractivity contribution in [3.05, 3.63) is 60.6 Å². The molecule has 2 aromatic carbocycles. The van der Waals surface area contributed by atoms with E-state index in [4.69, 9.17) is 9.72 Å². The monoisotopic (exact) mass is 442 g/mol. The van der Waals surface area contributed by atoms with E-state index in [1.54, 1.807) is 37.3 Å². The lowest BCUT2D eigenvalue weighted by Crippen LogP contribution is -2.22. The minimum atomic E-state index is -0.146. The fourth-order valence-electron chi connectivity index (χ4n) is 3.91. The number of ether oxygens (including phenoxy) is 1. The Labute approximate surface area is 192 Å². The van der Waals surface area contributed by atoms with Gasteiger partial charge in [-0.25, -0.2) is 4.98 Å². The second-order valence-electron chi connectivity index (χ2n) is 8.38. The topological polar surface area (TPSA) is 85.2 Å². The third-order valence-corrected chi connectivity index (χ3v) is 5.90. The molecule has 1 aliphatic carbocycles. The van der Waals surface area contributed by atoms with Crippen molar-refractivity contribution in [2.24, 2.45) is 13.0 Å². The van der Waals surface area contributed by atoms with Gasteiger partial charge in [-0.2, -0.15) is 5.10 Å². The highest BCUT2D eigenvalue weighted by Crippen LogP contribution is 2.37. The summed E-state index contributed by atoms with van der Waals surface area (Å²) in [5.74, 6) is 1.13. The number of nitrogens with zero attached hydrogens (tertiary/aromatic N) is 5. The van der Waals surface area contributed by atoms with Crippen molar-refractivity contribution in [1.29, 1.82) is 0 Å². The molecule has 2 heterocycles. The van der Waals surface area contributed by atoms with Gasteiger partial charge in [0.15, 0.2) is 0 Å². The van der Waals surface area contributed by atoms with Crippen LogP contribution in [-0.2, 0) is 7.05 Å². The van der Waals surface area contributed by atoms with Gasteiger partial charge in [0.2, 0.25) is 0 Å². The first-order valence-corrected chi connectivity index (χ1v) is 11.0. The summed E-state index contributed by atoms with van der Waals surface area (Å²) in [6.07, 6.45) is 7.91. The highest BCUT2D eigenvalue weighted by atomic mass is 16.5. The van der Waals surface area contributed by atoms with Crippen LogP contribution in [0.15, 0.2) is 55.0 Å². The molecule has 0 bridgehead atoms. The Morgan fingerprint density at radius 1 is 1.15 bits per heavy atom. The van der Waals surface area contributed by atoms with Crippen LogP contribution in [0, 0.1) is 5.92 Å². The molecule has 0 unspecified atom stereocenters. The zero-order valence-corrected chi connectivity index (χ0v) is 18.9. The molecule has 168 valence electrons. The standard InChI is InChI=1S/C25H26N6O2/c1-26-25(32)17-8-20(10-21(9-17)33-3)31(14-16-4-5-16)19-6-7-22-23(11-19)29-24(13-27-22)18-12-28-30(2)15-18/h6-13,15-16H,4-5,14H2,1-3H3,(H,26,32). The molecule has 1 N–H and O–H groups in total. The van der Waals surface area contributed by atoms with Crippen LogP contribution in [0.5, 0.6) is 5.75 Å². The molecule has 8 heteroatoms. The second kappa shape index (κ2) is 8.54. The fraction of sp³-hybridized carbons (Fsp3) is 0.280. The molecule has 1 amide bonds. The molecule has 0 aliphatic heterocycles. The SMILES string of the molecule is CNC(=O)c1cc(OC)cc(N(CC2CC2)c2ccc3ncc(-c4cnn(C)c4)nc3c2)c1. The van der Waals surface area contributed by atoms with E-state index in [9.17, 15) is 4.79 Å². The minimum Gasteiger partial charge on any atom is -0.497 e. The van der Waals surface area contributed by atoms with E-state index in [1.165, 1.54) is 12.8 Å². The Balaban J connectivity index is 1.59. The first-order chi connectivity index (χ1) is 16.0. The maximum Gasteiger partial charge on any atom is 0.251 e. The van der Waals surface area contributed by atoms with Crippen LogP contribution in [-0.4, -0.2) is 46.4 Å². The lowest BCUT2D eigenvalue weighted by molar-refractivity contribution is 0.0962. The quantitative estimate of drug-likeness (QED) is 0.467. The van der Waals surface area contributed by atoms with Gasteiger partial charge in [0.1, 0.15) is 5.75 Å². The van der Waals surface area contributed by atoms with Crippen LogP contribution in [0.25, 0.3) is 22.3 Å². The molecule has 1 fully saturated rings. The van der Waals surface area contributed by atoms with Crippen molar-refractivity contribution < 1.29 is 9.53 Å². The summed E-state index contributed by atoms with van der Waals surface area (Å²) in [7, 11) is 5.13. The largest absolute Gasteiger partial charge is 0.497 e. The van der Waals surface area contributed by atoms with E-state index < -0.39 is 0 Å². The summed E-state index contributed by atoms with van der Waals surface area (Å²) >= 11 is 0. The summed E-state index contributed by atoms with van der Waals surface area (Å²) in [6, 6.07) is 11.7. The highest BCUT2D eigenvalue weighted by molar-refractivity contribution is 5.96. The molecular formula is C25H26N6O2. The van der Waals surface area contributed by atoms with Crippen molar-refractivity contribution in [3.8, 4) is 17.0 Å². The molecule has 33 heavy (non-hydrogen) atoms. The predicted octanol–water partition coefficient (Wildman–Crippen LogP) is 3.95. The van der Waals surface area contributed by atoms with Gasteiger partial charge in [-0.1, -0.05) is 0 Å². The number of anilines is 2. The lowest BCUT2D eigenvalue weighted by atomic mass is 10.1. The maximum absolute atomic E-state index is 12.4. The first-order valence-electron chi connectivity index (χ1n) is 11.0. The molecule has 0 saturated heterocycles. The number of hydrogen-bond acceptors (Lipinski definition) is 6. The molecule has 4 aromatic rings. The zero-order valence-electron chi connectivity index (χ0n) is 18.9. The van der Waals surface area contributed by atoms with Gasteiger partial charge in [0.05, 0.1) is 36.2 Å². The van der Waals surface area contributed by atoms with Crippen molar-refractivity contribution in [2.45, 2.75) is 12.8 Å². The number of amides is 1. The number of aromatic nitrogens is 4. The molecule has 1 aliphatic rings. The highest BCUT2D eigenvalue weighted by Gasteiger charge is 2.26.